The normalized spacial score (nSPS) is 37.1. The van der Waals surface area contributed by atoms with Crippen LogP contribution in [0.4, 0.5) is 0 Å². The van der Waals surface area contributed by atoms with E-state index in [0.717, 1.165) is 31.0 Å². The fourth-order valence-corrected chi connectivity index (χ4v) is 3.69. The van der Waals surface area contributed by atoms with Gasteiger partial charge in [-0.25, -0.2) is 4.98 Å². The average molecular weight is 220 g/mol. The van der Waals surface area contributed by atoms with Crippen LogP contribution < -0.4 is 0 Å². The highest BCUT2D eigenvalue weighted by atomic mass is 16.3. The first kappa shape index (κ1) is 10.3. The molecule has 3 atom stereocenters. The molecule has 0 amide bonds. The van der Waals surface area contributed by atoms with Crippen LogP contribution in [0.25, 0.3) is 0 Å². The van der Waals surface area contributed by atoms with Gasteiger partial charge in [-0.15, -0.1) is 0 Å². The van der Waals surface area contributed by atoms with Crippen molar-refractivity contribution >= 4 is 0 Å². The Morgan fingerprint density at radius 3 is 3.00 bits per heavy atom. The predicted octanol–water partition coefficient (Wildman–Crippen LogP) is 1.90. The van der Waals surface area contributed by atoms with Crippen LogP contribution in [-0.4, -0.2) is 20.3 Å². The molecule has 0 aliphatic heterocycles. The van der Waals surface area contributed by atoms with Gasteiger partial charge in [-0.3, -0.25) is 0 Å². The van der Waals surface area contributed by atoms with E-state index in [1.165, 1.54) is 19.3 Å². The number of aromatic nitrogens is 2. The molecule has 3 unspecified atom stereocenters. The molecule has 1 N–H and O–H groups in total. The Hall–Kier alpha value is -0.830. The number of aryl methyl sites for hydroxylation is 2. The second kappa shape index (κ2) is 3.59. The number of aliphatic hydroxyl groups is 1. The van der Waals surface area contributed by atoms with Crippen LogP contribution in [0.2, 0.25) is 0 Å². The summed E-state index contributed by atoms with van der Waals surface area (Å²) < 4.78 is 2.05. The molecule has 16 heavy (non-hydrogen) atoms. The molecule has 3 rings (SSSR count). The standard InChI is InChI=1S/C13H20N2O/c1-15-7-6-14-12(15)4-5-13(16)9-10-2-3-11(13)8-10/h6-7,10-11,16H,2-5,8-9H2,1H3. The van der Waals surface area contributed by atoms with E-state index < -0.39 is 0 Å². The molecule has 0 aromatic carbocycles. The highest BCUT2D eigenvalue weighted by Crippen LogP contribution is 2.52. The molecule has 1 aromatic heterocycles. The van der Waals surface area contributed by atoms with Crippen LogP contribution in [0.1, 0.15) is 37.9 Å². The maximum Gasteiger partial charge on any atom is 0.108 e. The van der Waals surface area contributed by atoms with Gasteiger partial charge in [0, 0.05) is 25.9 Å². The zero-order chi connectivity index (χ0) is 11.2. The Kier molecular flexibility index (Phi) is 2.32. The topological polar surface area (TPSA) is 38.0 Å². The molecule has 0 radical (unpaired) electrons. The SMILES string of the molecule is Cn1ccnc1CCC1(O)CC2CCC1C2. The van der Waals surface area contributed by atoms with Gasteiger partial charge in [0.05, 0.1) is 5.60 Å². The van der Waals surface area contributed by atoms with Crippen molar-refractivity contribution in [2.45, 2.75) is 44.1 Å². The Balaban J connectivity index is 1.65. The molecule has 2 bridgehead atoms. The number of rotatable bonds is 3. The smallest absolute Gasteiger partial charge is 0.108 e. The molecule has 0 spiro atoms. The minimum Gasteiger partial charge on any atom is -0.390 e. The monoisotopic (exact) mass is 220 g/mol. The fraction of sp³-hybridized carbons (Fsp3) is 0.769. The quantitative estimate of drug-likeness (QED) is 0.845. The van der Waals surface area contributed by atoms with Gasteiger partial charge in [-0.05, 0) is 43.9 Å². The molecule has 1 aromatic rings. The van der Waals surface area contributed by atoms with Gasteiger partial charge >= 0.3 is 0 Å². The first-order valence-corrected chi connectivity index (χ1v) is 6.36. The molecule has 88 valence electrons. The Morgan fingerprint density at radius 1 is 1.56 bits per heavy atom. The molecule has 1 heterocycles. The first-order valence-electron chi connectivity index (χ1n) is 6.36. The molecule has 2 aliphatic carbocycles. The highest BCUT2D eigenvalue weighted by Gasteiger charge is 2.49. The third-order valence-electron chi connectivity index (χ3n) is 4.65. The third-order valence-corrected chi connectivity index (χ3v) is 4.65. The summed E-state index contributed by atoms with van der Waals surface area (Å²) in [6.45, 7) is 0. The lowest BCUT2D eigenvalue weighted by Gasteiger charge is -2.32. The van der Waals surface area contributed by atoms with Gasteiger partial charge < -0.3 is 9.67 Å². The van der Waals surface area contributed by atoms with Crippen LogP contribution >= 0.6 is 0 Å². The van der Waals surface area contributed by atoms with Gasteiger partial charge in [0.1, 0.15) is 5.82 Å². The lowest BCUT2D eigenvalue weighted by atomic mass is 9.81. The Morgan fingerprint density at radius 2 is 2.44 bits per heavy atom. The highest BCUT2D eigenvalue weighted by molar-refractivity contribution is 5.03. The largest absolute Gasteiger partial charge is 0.390 e. The zero-order valence-electron chi connectivity index (χ0n) is 9.89. The second-order valence-corrected chi connectivity index (χ2v) is 5.64. The number of hydrogen-bond donors (Lipinski definition) is 1. The van der Waals surface area contributed by atoms with Gasteiger partial charge in [0.25, 0.3) is 0 Å². The van der Waals surface area contributed by atoms with Crippen LogP contribution in [-0.2, 0) is 13.5 Å². The van der Waals surface area contributed by atoms with Crippen molar-refractivity contribution in [3.8, 4) is 0 Å². The van der Waals surface area contributed by atoms with E-state index in [1.54, 1.807) is 0 Å². The lowest BCUT2D eigenvalue weighted by molar-refractivity contribution is -0.0206. The molecular weight excluding hydrogens is 200 g/mol. The summed E-state index contributed by atoms with van der Waals surface area (Å²) in [5.74, 6) is 2.46. The molecule has 0 saturated heterocycles. The Bertz CT molecular complexity index is 387. The van der Waals surface area contributed by atoms with E-state index in [1.807, 2.05) is 19.4 Å². The van der Waals surface area contributed by atoms with Crippen molar-refractivity contribution in [1.29, 1.82) is 0 Å². The lowest BCUT2D eigenvalue weighted by Crippen LogP contribution is -2.35. The summed E-state index contributed by atoms with van der Waals surface area (Å²) >= 11 is 0. The van der Waals surface area contributed by atoms with Crippen molar-refractivity contribution in [2.75, 3.05) is 0 Å². The summed E-state index contributed by atoms with van der Waals surface area (Å²) in [6, 6.07) is 0. The van der Waals surface area contributed by atoms with Crippen molar-refractivity contribution in [2.24, 2.45) is 18.9 Å². The minimum absolute atomic E-state index is 0.380. The number of hydrogen-bond acceptors (Lipinski definition) is 2. The minimum atomic E-state index is -0.380. The van der Waals surface area contributed by atoms with Crippen molar-refractivity contribution in [3.63, 3.8) is 0 Å². The number of fused-ring (bicyclic) bond motifs is 2. The molecular formula is C13H20N2O. The maximum atomic E-state index is 10.6. The van der Waals surface area contributed by atoms with Crippen LogP contribution in [0.15, 0.2) is 12.4 Å². The predicted molar refractivity (Wildman–Crippen MR) is 61.9 cm³/mol. The molecule has 2 saturated carbocycles. The Labute approximate surface area is 96.5 Å². The number of imidazole rings is 1. The van der Waals surface area contributed by atoms with E-state index in [-0.39, 0.29) is 5.60 Å². The summed E-state index contributed by atoms with van der Waals surface area (Å²) in [5.41, 5.74) is -0.380. The third kappa shape index (κ3) is 1.58. The van der Waals surface area contributed by atoms with Gasteiger partial charge in [-0.1, -0.05) is 0 Å². The fourth-order valence-electron chi connectivity index (χ4n) is 3.69. The molecule has 2 fully saturated rings. The van der Waals surface area contributed by atoms with Crippen LogP contribution in [0, 0.1) is 11.8 Å². The van der Waals surface area contributed by atoms with E-state index in [4.69, 9.17) is 0 Å². The number of nitrogens with zero attached hydrogens (tertiary/aromatic N) is 2. The van der Waals surface area contributed by atoms with E-state index in [9.17, 15) is 5.11 Å². The molecule has 2 aliphatic rings. The van der Waals surface area contributed by atoms with E-state index in [2.05, 4.69) is 9.55 Å². The summed E-state index contributed by atoms with van der Waals surface area (Å²) in [6.07, 6.45) is 10.5. The van der Waals surface area contributed by atoms with Crippen LogP contribution in [0.5, 0.6) is 0 Å². The summed E-state index contributed by atoms with van der Waals surface area (Å²) in [4.78, 5) is 4.32. The molecule has 3 heteroatoms. The van der Waals surface area contributed by atoms with Crippen molar-refractivity contribution in [1.82, 2.24) is 9.55 Å². The molecule has 3 nitrogen and oxygen atoms in total. The van der Waals surface area contributed by atoms with E-state index in [0.29, 0.717) is 5.92 Å². The first-order chi connectivity index (χ1) is 7.67. The van der Waals surface area contributed by atoms with E-state index >= 15 is 0 Å². The van der Waals surface area contributed by atoms with Crippen molar-refractivity contribution < 1.29 is 5.11 Å². The second-order valence-electron chi connectivity index (χ2n) is 5.64. The summed E-state index contributed by atoms with van der Waals surface area (Å²) in [7, 11) is 2.02. The van der Waals surface area contributed by atoms with Gasteiger partial charge in [0.15, 0.2) is 0 Å². The zero-order valence-corrected chi connectivity index (χ0v) is 9.89. The van der Waals surface area contributed by atoms with Gasteiger partial charge in [-0.2, -0.15) is 0 Å². The average Bonchev–Trinajstić information content (AvgIpc) is 2.91. The van der Waals surface area contributed by atoms with Crippen molar-refractivity contribution in [3.05, 3.63) is 18.2 Å². The maximum absolute atomic E-state index is 10.6. The summed E-state index contributed by atoms with van der Waals surface area (Å²) in [5, 5.41) is 10.6. The van der Waals surface area contributed by atoms with Crippen LogP contribution in [0.3, 0.4) is 0 Å². The van der Waals surface area contributed by atoms with Gasteiger partial charge in [0.2, 0.25) is 0 Å².